The van der Waals surface area contributed by atoms with Gasteiger partial charge in [-0.25, -0.2) is 0 Å². The molecule has 2 N–H and O–H groups in total. The number of hydrogen-bond donors (Lipinski definition) is 2. The second-order valence-corrected chi connectivity index (χ2v) is 5.61. The van der Waals surface area contributed by atoms with Crippen LogP contribution in [0.25, 0.3) is 0 Å². The highest BCUT2D eigenvalue weighted by Gasteiger charge is 2.20. The maximum absolute atomic E-state index is 11.1. The average molecular weight is 325 g/mol. The Morgan fingerprint density at radius 3 is 2.59 bits per heavy atom. The minimum atomic E-state index is -0.287. The first kappa shape index (κ1) is 16.8. The smallest absolute Gasteiger partial charge is 0.318 e. The number of carbonyl (C=O) groups excluding carboxylic acids is 1. The molecule has 7 heteroatoms. The predicted octanol–water partition coefficient (Wildman–Crippen LogP) is 1.49. The Balaban J connectivity index is 1.95. The van der Waals surface area contributed by atoms with E-state index >= 15 is 0 Å². The van der Waals surface area contributed by atoms with Crippen molar-refractivity contribution in [1.29, 1.82) is 0 Å². The Hall–Kier alpha value is -1.60. The summed E-state index contributed by atoms with van der Waals surface area (Å²) in [6.45, 7) is 6.39. The maximum atomic E-state index is 11.1. The molecule has 0 aliphatic carbocycles. The quantitative estimate of drug-likeness (QED) is 0.486. The molecular weight excluding hydrogens is 302 g/mol. The number of nitrogens with two attached hydrogens (primary N) is 1. The van der Waals surface area contributed by atoms with Crippen LogP contribution in [0.4, 0.5) is 11.4 Å². The summed E-state index contributed by atoms with van der Waals surface area (Å²) in [7, 11) is 1.63. The van der Waals surface area contributed by atoms with Crippen LogP contribution in [-0.4, -0.2) is 50.7 Å². The first-order valence-corrected chi connectivity index (χ1v) is 7.67. The second-order valence-electron chi connectivity index (χ2n) is 5.42. The molecule has 1 heterocycles. The lowest BCUT2D eigenvalue weighted by atomic mass is 10.1. The molecule has 0 aromatic heterocycles. The van der Waals surface area contributed by atoms with Crippen LogP contribution in [0.2, 0.25) is 0 Å². The van der Waals surface area contributed by atoms with Crippen molar-refractivity contribution < 1.29 is 13.7 Å². The third kappa shape index (κ3) is 3.98. The van der Waals surface area contributed by atoms with Crippen LogP contribution in [-0.2, 0) is 8.98 Å². The topological polar surface area (TPSA) is 68.0 Å². The summed E-state index contributed by atoms with van der Waals surface area (Å²) < 4.78 is 9.69. The average Bonchev–Trinajstić information content (AvgIpc) is 2.53. The molecule has 0 radical (unpaired) electrons. The van der Waals surface area contributed by atoms with Gasteiger partial charge in [0.2, 0.25) is 0 Å². The van der Waals surface area contributed by atoms with E-state index in [0.29, 0.717) is 24.4 Å². The van der Waals surface area contributed by atoms with Crippen LogP contribution >= 0.6 is 12.9 Å². The summed E-state index contributed by atoms with van der Waals surface area (Å²) in [4.78, 5) is 15.7. The van der Waals surface area contributed by atoms with Crippen molar-refractivity contribution in [2.75, 3.05) is 50.5 Å². The monoisotopic (exact) mass is 325 g/mol. The number of carbonyl (C=O) groups is 1. The van der Waals surface area contributed by atoms with E-state index in [4.69, 9.17) is 10.5 Å². The molecule has 2 rings (SSSR count). The lowest BCUT2D eigenvalue weighted by molar-refractivity contribution is -0.133. The van der Waals surface area contributed by atoms with E-state index in [1.54, 1.807) is 7.11 Å². The van der Waals surface area contributed by atoms with Gasteiger partial charge in [-0.3, -0.25) is 9.69 Å². The summed E-state index contributed by atoms with van der Waals surface area (Å²) >= 11 is 3.52. The van der Waals surface area contributed by atoms with Gasteiger partial charge < -0.3 is 19.6 Å². The number of piperazine rings is 1. The van der Waals surface area contributed by atoms with Gasteiger partial charge >= 0.3 is 5.97 Å². The molecule has 1 aromatic carbocycles. The zero-order valence-electron chi connectivity index (χ0n) is 13.0. The van der Waals surface area contributed by atoms with Crippen molar-refractivity contribution >= 4 is 30.3 Å². The van der Waals surface area contributed by atoms with Crippen molar-refractivity contribution in [2.45, 2.75) is 13.3 Å². The van der Waals surface area contributed by atoms with Gasteiger partial charge in [0.05, 0.1) is 19.2 Å². The molecule has 1 aromatic rings. The Labute approximate surface area is 136 Å². The molecule has 0 unspecified atom stereocenters. The van der Waals surface area contributed by atoms with Crippen molar-refractivity contribution in [1.82, 2.24) is 4.90 Å². The Kier molecular flexibility index (Phi) is 5.79. The van der Waals surface area contributed by atoms with Crippen molar-refractivity contribution in [2.24, 2.45) is 0 Å². The number of nitrogen functional groups attached to an aromatic ring is 1. The SMILES string of the molecule is COc1cc(N2CCN(CCC(=O)OS)CC2)c(C)cc1N. The number of thiol groups is 1. The summed E-state index contributed by atoms with van der Waals surface area (Å²) in [6.07, 6.45) is 0.373. The molecule has 0 amide bonds. The summed E-state index contributed by atoms with van der Waals surface area (Å²) in [5.41, 5.74) is 8.89. The van der Waals surface area contributed by atoms with Gasteiger partial charge in [0.15, 0.2) is 0 Å². The lowest BCUT2D eigenvalue weighted by Crippen LogP contribution is -2.47. The minimum absolute atomic E-state index is 0.287. The molecule has 22 heavy (non-hydrogen) atoms. The highest BCUT2D eigenvalue weighted by molar-refractivity contribution is 7.75. The Bertz CT molecular complexity index is 531. The van der Waals surface area contributed by atoms with Crippen LogP contribution < -0.4 is 15.4 Å². The van der Waals surface area contributed by atoms with Crippen molar-refractivity contribution in [3.8, 4) is 5.75 Å². The first-order chi connectivity index (χ1) is 10.5. The molecule has 0 spiro atoms. The van der Waals surface area contributed by atoms with Crippen LogP contribution in [0.5, 0.6) is 5.75 Å². The fourth-order valence-corrected chi connectivity index (χ4v) is 2.82. The van der Waals surface area contributed by atoms with Gasteiger partial charge in [0, 0.05) is 57.4 Å². The number of rotatable bonds is 5. The standard InChI is InChI=1S/C15H23N3O3S/c1-11-9-12(16)14(20-2)10-13(11)18-7-5-17(6-8-18)4-3-15(19)21-22/h9-10,22H,3-8,16H2,1-2H3. The predicted molar refractivity (Wildman–Crippen MR) is 90.5 cm³/mol. The van der Waals surface area contributed by atoms with Gasteiger partial charge in [-0.1, -0.05) is 0 Å². The molecule has 122 valence electrons. The zero-order valence-corrected chi connectivity index (χ0v) is 13.9. The normalized spacial score (nSPS) is 15.7. The van der Waals surface area contributed by atoms with Gasteiger partial charge in [-0.05, 0) is 18.6 Å². The number of anilines is 2. The molecule has 1 aliphatic heterocycles. The summed E-state index contributed by atoms with van der Waals surface area (Å²) in [5.74, 6) is 0.421. The number of methoxy groups -OCH3 is 1. The zero-order chi connectivity index (χ0) is 16.1. The third-order valence-corrected chi connectivity index (χ3v) is 4.20. The van der Waals surface area contributed by atoms with E-state index in [1.165, 1.54) is 0 Å². The number of hydrogen-bond acceptors (Lipinski definition) is 7. The summed E-state index contributed by atoms with van der Waals surface area (Å²) in [6, 6.07) is 3.95. The number of nitrogens with zero attached hydrogens (tertiary/aromatic N) is 2. The van der Waals surface area contributed by atoms with Crippen LogP contribution in [0.3, 0.4) is 0 Å². The maximum Gasteiger partial charge on any atom is 0.318 e. The van der Waals surface area contributed by atoms with Crippen LogP contribution in [0, 0.1) is 6.92 Å². The molecule has 6 nitrogen and oxygen atoms in total. The number of benzene rings is 1. The summed E-state index contributed by atoms with van der Waals surface area (Å²) in [5, 5.41) is 0. The first-order valence-electron chi connectivity index (χ1n) is 7.30. The fraction of sp³-hybridized carbons (Fsp3) is 0.533. The molecule has 1 saturated heterocycles. The second kappa shape index (κ2) is 7.60. The van der Waals surface area contributed by atoms with E-state index in [1.807, 2.05) is 12.1 Å². The van der Waals surface area contributed by atoms with E-state index in [9.17, 15) is 4.79 Å². The molecular formula is C15H23N3O3S. The van der Waals surface area contributed by atoms with Gasteiger partial charge in [0.1, 0.15) is 5.75 Å². The molecule has 0 bridgehead atoms. The van der Waals surface area contributed by atoms with Gasteiger partial charge in [-0.15, -0.1) is 0 Å². The molecule has 1 aliphatic rings. The van der Waals surface area contributed by atoms with Gasteiger partial charge in [-0.2, -0.15) is 0 Å². The number of aryl methyl sites for hydroxylation is 1. The molecule has 0 saturated carbocycles. The van der Waals surface area contributed by atoms with E-state index in [0.717, 1.165) is 37.4 Å². The fourth-order valence-electron chi connectivity index (χ4n) is 2.72. The van der Waals surface area contributed by atoms with Crippen molar-refractivity contribution in [3.05, 3.63) is 17.7 Å². The Morgan fingerprint density at radius 1 is 1.32 bits per heavy atom. The van der Waals surface area contributed by atoms with Crippen LogP contribution in [0.15, 0.2) is 12.1 Å². The minimum Gasteiger partial charge on any atom is -0.495 e. The largest absolute Gasteiger partial charge is 0.495 e. The Morgan fingerprint density at radius 2 is 2.00 bits per heavy atom. The van der Waals surface area contributed by atoms with E-state index in [-0.39, 0.29) is 5.97 Å². The lowest BCUT2D eigenvalue weighted by Gasteiger charge is -2.36. The van der Waals surface area contributed by atoms with Gasteiger partial charge in [0.25, 0.3) is 0 Å². The van der Waals surface area contributed by atoms with E-state index in [2.05, 4.69) is 33.8 Å². The third-order valence-electron chi connectivity index (χ3n) is 4.00. The van der Waals surface area contributed by atoms with Crippen LogP contribution in [0.1, 0.15) is 12.0 Å². The number of ether oxygens (including phenoxy) is 1. The highest BCUT2D eigenvalue weighted by atomic mass is 32.1. The molecule has 1 fully saturated rings. The van der Waals surface area contributed by atoms with Crippen molar-refractivity contribution in [3.63, 3.8) is 0 Å². The highest BCUT2D eigenvalue weighted by Crippen LogP contribution is 2.31. The van der Waals surface area contributed by atoms with E-state index < -0.39 is 0 Å². The molecule has 0 atom stereocenters.